The number of ether oxygens (including phenoxy) is 2. The molecule has 16 heavy (non-hydrogen) atoms. The predicted molar refractivity (Wildman–Crippen MR) is 53.2 cm³/mol. The molecule has 0 saturated heterocycles. The third kappa shape index (κ3) is 2.66. The van der Waals surface area contributed by atoms with Gasteiger partial charge >= 0.3 is 5.97 Å². The minimum Gasteiger partial charge on any atom is -0.481 e. The smallest absolute Gasteiger partial charge is 0.311 e. The molecule has 0 bridgehead atoms. The van der Waals surface area contributed by atoms with Gasteiger partial charge in [-0.15, -0.1) is 0 Å². The molecule has 0 aliphatic carbocycles. The summed E-state index contributed by atoms with van der Waals surface area (Å²) in [5.41, 5.74) is -0.206. The Bertz CT molecular complexity index is 418. The normalized spacial score (nSPS) is 9.62. The number of rotatable bonds is 4. The van der Waals surface area contributed by atoms with E-state index in [1.54, 1.807) is 0 Å². The van der Waals surface area contributed by atoms with E-state index in [1.165, 1.54) is 26.4 Å². The van der Waals surface area contributed by atoms with Gasteiger partial charge in [-0.1, -0.05) is 0 Å². The van der Waals surface area contributed by atoms with Crippen molar-refractivity contribution in [2.45, 2.75) is 6.42 Å². The lowest BCUT2D eigenvalue weighted by atomic mass is 10.2. The van der Waals surface area contributed by atoms with Gasteiger partial charge in [0.25, 0.3) is 5.69 Å². The zero-order valence-electron chi connectivity index (χ0n) is 8.80. The van der Waals surface area contributed by atoms with Crippen LogP contribution < -0.4 is 4.74 Å². The van der Waals surface area contributed by atoms with Crippen molar-refractivity contribution in [2.24, 2.45) is 0 Å². The topological polar surface area (TPSA) is 91.6 Å². The summed E-state index contributed by atoms with van der Waals surface area (Å²) in [5, 5.41) is 10.7. The summed E-state index contributed by atoms with van der Waals surface area (Å²) in [7, 11) is 2.59. The summed E-state index contributed by atoms with van der Waals surface area (Å²) in [6.07, 6.45) is -0.260. The van der Waals surface area contributed by atoms with Crippen LogP contribution in [0.1, 0.15) is 5.69 Å². The number of esters is 1. The van der Waals surface area contributed by atoms with Crippen LogP contribution in [0.25, 0.3) is 0 Å². The fourth-order valence-electron chi connectivity index (χ4n) is 1.09. The van der Waals surface area contributed by atoms with Crippen LogP contribution in [0, 0.1) is 10.1 Å². The van der Waals surface area contributed by atoms with Crippen molar-refractivity contribution in [3.05, 3.63) is 27.9 Å². The summed E-state index contributed by atoms with van der Waals surface area (Å²) >= 11 is 0. The SMILES string of the molecule is COC(=O)Cc1nc(OC)ccc1[N+](=O)[O-]. The first-order chi connectivity index (χ1) is 7.58. The monoisotopic (exact) mass is 226 g/mol. The fourth-order valence-corrected chi connectivity index (χ4v) is 1.09. The van der Waals surface area contributed by atoms with Gasteiger partial charge in [-0.3, -0.25) is 14.9 Å². The summed E-state index contributed by atoms with van der Waals surface area (Å²) in [4.78, 5) is 24.9. The van der Waals surface area contributed by atoms with Crippen LogP contribution in [0.15, 0.2) is 12.1 Å². The quantitative estimate of drug-likeness (QED) is 0.426. The van der Waals surface area contributed by atoms with Crippen LogP contribution in [0.4, 0.5) is 5.69 Å². The molecule has 0 spiro atoms. The number of carbonyl (C=O) groups excluding carboxylic acids is 1. The largest absolute Gasteiger partial charge is 0.481 e. The van der Waals surface area contributed by atoms with E-state index in [1.807, 2.05) is 0 Å². The van der Waals surface area contributed by atoms with E-state index in [9.17, 15) is 14.9 Å². The van der Waals surface area contributed by atoms with E-state index >= 15 is 0 Å². The van der Waals surface area contributed by atoms with Crippen molar-refractivity contribution in [3.63, 3.8) is 0 Å². The van der Waals surface area contributed by atoms with Crippen LogP contribution in [-0.2, 0) is 16.0 Å². The van der Waals surface area contributed by atoms with Crippen molar-refractivity contribution in [2.75, 3.05) is 14.2 Å². The number of nitrogens with zero attached hydrogens (tertiary/aromatic N) is 2. The molecule has 1 heterocycles. The molecule has 0 radical (unpaired) electrons. The van der Waals surface area contributed by atoms with E-state index in [4.69, 9.17) is 4.74 Å². The van der Waals surface area contributed by atoms with E-state index in [0.717, 1.165) is 0 Å². The van der Waals surface area contributed by atoms with Gasteiger partial charge in [0.2, 0.25) is 5.88 Å². The average molecular weight is 226 g/mol. The number of aromatic nitrogens is 1. The molecule has 7 heteroatoms. The molecule has 0 saturated carbocycles. The molecule has 0 aromatic carbocycles. The Balaban J connectivity index is 3.10. The van der Waals surface area contributed by atoms with Gasteiger partial charge in [-0.25, -0.2) is 4.98 Å². The highest BCUT2D eigenvalue weighted by molar-refractivity contribution is 5.73. The third-order valence-corrected chi connectivity index (χ3v) is 1.87. The molecule has 0 atom stereocenters. The minimum absolute atomic E-state index is 0.0243. The number of hydrogen-bond donors (Lipinski definition) is 0. The van der Waals surface area contributed by atoms with E-state index in [2.05, 4.69) is 9.72 Å². The molecule has 0 aliphatic rings. The maximum absolute atomic E-state index is 11.0. The molecule has 0 fully saturated rings. The molecular weight excluding hydrogens is 216 g/mol. The van der Waals surface area contributed by atoms with E-state index in [-0.39, 0.29) is 23.7 Å². The molecule has 0 N–H and O–H groups in total. The summed E-state index contributed by atoms with van der Waals surface area (Å²) < 4.78 is 9.24. The Morgan fingerprint density at radius 2 is 2.19 bits per heavy atom. The summed E-state index contributed by atoms with van der Waals surface area (Å²) in [6, 6.07) is 2.60. The molecule has 0 aliphatic heterocycles. The van der Waals surface area contributed by atoms with Gasteiger partial charge in [-0.2, -0.15) is 0 Å². The second kappa shape index (κ2) is 5.06. The zero-order valence-corrected chi connectivity index (χ0v) is 8.80. The number of nitro groups is 1. The van der Waals surface area contributed by atoms with Crippen LogP contribution in [-0.4, -0.2) is 30.1 Å². The molecule has 0 amide bonds. The van der Waals surface area contributed by atoms with Gasteiger partial charge in [-0.05, 0) is 0 Å². The van der Waals surface area contributed by atoms with Gasteiger partial charge in [0.15, 0.2) is 0 Å². The maximum Gasteiger partial charge on any atom is 0.311 e. The number of hydrogen-bond acceptors (Lipinski definition) is 6. The Kier molecular flexibility index (Phi) is 3.76. The summed E-state index contributed by atoms with van der Waals surface area (Å²) in [5.74, 6) is -0.381. The zero-order chi connectivity index (χ0) is 12.1. The lowest BCUT2D eigenvalue weighted by Gasteiger charge is -2.03. The second-order valence-corrected chi connectivity index (χ2v) is 2.83. The van der Waals surface area contributed by atoms with Gasteiger partial charge in [0, 0.05) is 12.1 Å². The highest BCUT2D eigenvalue weighted by Gasteiger charge is 2.19. The predicted octanol–water partition coefficient (Wildman–Crippen LogP) is 0.714. The molecule has 7 nitrogen and oxygen atoms in total. The summed E-state index contributed by atoms with van der Waals surface area (Å²) in [6.45, 7) is 0. The van der Waals surface area contributed by atoms with Gasteiger partial charge in [0.05, 0.1) is 25.6 Å². The number of methoxy groups -OCH3 is 2. The Labute approximate surface area is 91.2 Å². The van der Waals surface area contributed by atoms with Crippen molar-refractivity contribution in [1.82, 2.24) is 4.98 Å². The molecule has 1 rings (SSSR count). The Morgan fingerprint density at radius 1 is 1.50 bits per heavy atom. The molecule has 86 valence electrons. The first-order valence-corrected chi connectivity index (χ1v) is 4.33. The number of carbonyl (C=O) groups is 1. The van der Waals surface area contributed by atoms with E-state index < -0.39 is 10.9 Å². The molecular formula is C9H10N2O5. The van der Waals surface area contributed by atoms with Gasteiger partial charge < -0.3 is 9.47 Å². The van der Waals surface area contributed by atoms with E-state index in [0.29, 0.717) is 0 Å². The Morgan fingerprint density at radius 3 is 2.69 bits per heavy atom. The minimum atomic E-state index is -0.606. The standard InChI is InChI=1S/C9H10N2O5/c1-15-8-4-3-7(11(13)14)6(10-8)5-9(12)16-2/h3-4H,5H2,1-2H3. The van der Waals surface area contributed by atoms with Crippen LogP contribution in [0.2, 0.25) is 0 Å². The lowest BCUT2D eigenvalue weighted by Crippen LogP contribution is -2.09. The second-order valence-electron chi connectivity index (χ2n) is 2.83. The van der Waals surface area contributed by atoms with Crippen LogP contribution in [0.3, 0.4) is 0 Å². The van der Waals surface area contributed by atoms with Crippen molar-refractivity contribution >= 4 is 11.7 Å². The highest BCUT2D eigenvalue weighted by atomic mass is 16.6. The fraction of sp³-hybridized carbons (Fsp3) is 0.333. The maximum atomic E-state index is 11.0. The average Bonchev–Trinajstić information content (AvgIpc) is 2.28. The lowest BCUT2D eigenvalue weighted by molar-refractivity contribution is -0.385. The molecule has 0 unspecified atom stereocenters. The van der Waals surface area contributed by atoms with Crippen molar-refractivity contribution in [1.29, 1.82) is 0 Å². The molecule has 1 aromatic rings. The van der Waals surface area contributed by atoms with Gasteiger partial charge in [0.1, 0.15) is 5.69 Å². The first-order valence-electron chi connectivity index (χ1n) is 4.33. The molecule has 1 aromatic heterocycles. The van der Waals surface area contributed by atoms with Crippen LogP contribution in [0.5, 0.6) is 5.88 Å². The van der Waals surface area contributed by atoms with Crippen molar-refractivity contribution in [3.8, 4) is 5.88 Å². The third-order valence-electron chi connectivity index (χ3n) is 1.87. The van der Waals surface area contributed by atoms with Crippen molar-refractivity contribution < 1.29 is 19.2 Å². The highest BCUT2D eigenvalue weighted by Crippen LogP contribution is 2.20. The Hall–Kier alpha value is -2.18. The number of pyridine rings is 1. The first kappa shape index (κ1) is 11.9. The van der Waals surface area contributed by atoms with Crippen LogP contribution >= 0.6 is 0 Å².